The Morgan fingerprint density at radius 3 is 2.00 bits per heavy atom. The van der Waals surface area contributed by atoms with Gasteiger partial charge in [0.25, 0.3) is 0 Å². The SMILES string of the molecule is CCC(C#N)C1C2CC3CC(C2)CC1C3. The highest BCUT2D eigenvalue weighted by atomic mass is 14.5. The molecule has 82 valence electrons. The predicted molar refractivity (Wildman–Crippen MR) is 59.9 cm³/mol. The third kappa shape index (κ3) is 1.41. The minimum atomic E-state index is 0.361. The molecule has 4 aliphatic rings. The summed E-state index contributed by atoms with van der Waals surface area (Å²) < 4.78 is 0. The zero-order valence-electron chi connectivity index (χ0n) is 9.65. The lowest BCUT2D eigenvalue weighted by Gasteiger charge is -2.55. The zero-order valence-corrected chi connectivity index (χ0v) is 9.65. The topological polar surface area (TPSA) is 23.8 Å². The van der Waals surface area contributed by atoms with E-state index in [1.54, 1.807) is 0 Å². The van der Waals surface area contributed by atoms with Crippen LogP contribution in [0.2, 0.25) is 0 Å². The molecular formula is C14H21N. The fourth-order valence-electron chi connectivity index (χ4n) is 5.07. The molecule has 0 heterocycles. The molecule has 0 aromatic carbocycles. The quantitative estimate of drug-likeness (QED) is 0.672. The molecule has 0 spiro atoms. The first-order valence-corrected chi connectivity index (χ1v) is 6.71. The van der Waals surface area contributed by atoms with E-state index in [1.165, 1.54) is 32.1 Å². The van der Waals surface area contributed by atoms with E-state index in [0.717, 1.165) is 36.0 Å². The van der Waals surface area contributed by atoms with Gasteiger partial charge < -0.3 is 0 Å². The number of hydrogen-bond acceptors (Lipinski definition) is 1. The number of nitriles is 1. The second kappa shape index (κ2) is 3.51. The average molecular weight is 203 g/mol. The molecule has 15 heavy (non-hydrogen) atoms. The van der Waals surface area contributed by atoms with Crippen LogP contribution in [0.15, 0.2) is 0 Å². The third-order valence-electron chi connectivity index (χ3n) is 5.37. The minimum absolute atomic E-state index is 0.361. The Morgan fingerprint density at radius 1 is 1.07 bits per heavy atom. The Balaban J connectivity index is 1.83. The van der Waals surface area contributed by atoms with Gasteiger partial charge in [-0.05, 0) is 68.1 Å². The first kappa shape index (κ1) is 9.70. The molecule has 1 nitrogen and oxygen atoms in total. The van der Waals surface area contributed by atoms with Gasteiger partial charge in [-0.15, -0.1) is 0 Å². The van der Waals surface area contributed by atoms with Crippen LogP contribution in [0.4, 0.5) is 0 Å². The summed E-state index contributed by atoms with van der Waals surface area (Å²) in [5.41, 5.74) is 0. The van der Waals surface area contributed by atoms with Crippen molar-refractivity contribution in [1.29, 1.82) is 5.26 Å². The molecule has 4 saturated carbocycles. The van der Waals surface area contributed by atoms with Crippen molar-refractivity contribution in [3.63, 3.8) is 0 Å². The summed E-state index contributed by atoms with van der Waals surface area (Å²) in [6.07, 6.45) is 8.41. The third-order valence-corrected chi connectivity index (χ3v) is 5.37. The molecule has 4 bridgehead atoms. The maximum atomic E-state index is 9.26. The molecule has 4 rings (SSSR count). The summed E-state index contributed by atoms with van der Waals surface area (Å²) in [5.74, 6) is 5.06. The maximum Gasteiger partial charge on any atom is 0.0658 e. The molecule has 0 aromatic rings. The fourth-order valence-corrected chi connectivity index (χ4v) is 5.07. The Morgan fingerprint density at radius 2 is 1.60 bits per heavy atom. The van der Waals surface area contributed by atoms with E-state index >= 15 is 0 Å². The molecule has 1 atom stereocenters. The maximum absolute atomic E-state index is 9.26. The Hall–Kier alpha value is -0.510. The Kier molecular flexibility index (Phi) is 2.27. The van der Waals surface area contributed by atoms with Gasteiger partial charge in [-0.25, -0.2) is 0 Å². The van der Waals surface area contributed by atoms with Crippen LogP contribution in [0.5, 0.6) is 0 Å². The molecule has 0 N–H and O–H groups in total. The van der Waals surface area contributed by atoms with Gasteiger partial charge >= 0.3 is 0 Å². The monoisotopic (exact) mass is 203 g/mol. The second-order valence-corrected chi connectivity index (χ2v) is 6.15. The average Bonchev–Trinajstić information content (AvgIpc) is 2.22. The lowest BCUT2D eigenvalue weighted by molar-refractivity contribution is -0.0526. The molecule has 0 radical (unpaired) electrons. The van der Waals surface area contributed by atoms with Crippen LogP contribution < -0.4 is 0 Å². The predicted octanol–water partition coefficient (Wildman–Crippen LogP) is 3.61. The van der Waals surface area contributed by atoms with Crippen molar-refractivity contribution in [1.82, 2.24) is 0 Å². The van der Waals surface area contributed by atoms with Crippen molar-refractivity contribution >= 4 is 0 Å². The van der Waals surface area contributed by atoms with Crippen LogP contribution in [-0.4, -0.2) is 0 Å². The van der Waals surface area contributed by atoms with Crippen LogP contribution in [-0.2, 0) is 0 Å². The van der Waals surface area contributed by atoms with Crippen LogP contribution in [0, 0.1) is 46.8 Å². The summed E-state index contributed by atoms with van der Waals surface area (Å²) in [6.45, 7) is 2.19. The fraction of sp³-hybridized carbons (Fsp3) is 0.929. The van der Waals surface area contributed by atoms with E-state index in [0.29, 0.717) is 5.92 Å². The summed E-state index contributed by atoms with van der Waals surface area (Å²) in [5, 5.41) is 9.26. The van der Waals surface area contributed by atoms with Gasteiger partial charge in [0.05, 0.1) is 6.07 Å². The van der Waals surface area contributed by atoms with Gasteiger partial charge in [0.15, 0.2) is 0 Å². The van der Waals surface area contributed by atoms with E-state index in [2.05, 4.69) is 13.0 Å². The van der Waals surface area contributed by atoms with Crippen molar-refractivity contribution in [2.24, 2.45) is 35.5 Å². The van der Waals surface area contributed by atoms with E-state index < -0.39 is 0 Å². The number of hydrogen-bond donors (Lipinski definition) is 0. The first-order valence-electron chi connectivity index (χ1n) is 6.71. The molecule has 0 aromatic heterocycles. The summed E-state index contributed by atoms with van der Waals surface area (Å²) >= 11 is 0. The van der Waals surface area contributed by atoms with E-state index in [9.17, 15) is 5.26 Å². The summed E-state index contributed by atoms with van der Waals surface area (Å²) in [7, 11) is 0. The van der Waals surface area contributed by atoms with Gasteiger partial charge in [-0.2, -0.15) is 5.26 Å². The number of rotatable bonds is 2. The smallest absolute Gasteiger partial charge is 0.0658 e. The minimum Gasteiger partial charge on any atom is -0.198 e. The summed E-state index contributed by atoms with van der Waals surface area (Å²) in [4.78, 5) is 0. The van der Waals surface area contributed by atoms with E-state index in [-0.39, 0.29) is 0 Å². The molecular weight excluding hydrogens is 182 g/mol. The van der Waals surface area contributed by atoms with Crippen molar-refractivity contribution in [3.05, 3.63) is 0 Å². The molecule has 0 saturated heterocycles. The highest BCUT2D eigenvalue weighted by molar-refractivity contribution is 5.03. The van der Waals surface area contributed by atoms with Crippen LogP contribution in [0.1, 0.15) is 45.4 Å². The van der Waals surface area contributed by atoms with Crippen molar-refractivity contribution in [3.8, 4) is 6.07 Å². The standard InChI is InChI=1S/C14H21N/c1-2-11(8-15)14-12-4-9-3-10(6-12)7-13(14)5-9/h9-14H,2-7H2,1H3. The van der Waals surface area contributed by atoms with Gasteiger partial charge in [-0.3, -0.25) is 0 Å². The van der Waals surface area contributed by atoms with E-state index in [4.69, 9.17) is 0 Å². The molecule has 4 fully saturated rings. The number of nitrogens with zero attached hydrogens (tertiary/aromatic N) is 1. The van der Waals surface area contributed by atoms with Gasteiger partial charge in [-0.1, -0.05) is 6.92 Å². The lowest BCUT2D eigenvalue weighted by Crippen LogP contribution is -2.47. The van der Waals surface area contributed by atoms with Gasteiger partial charge in [0, 0.05) is 5.92 Å². The first-order chi connectivity index (χ1) is 7.31. The largest absolute Gasteiger partial charge is 0.198 e. The molecule has 4 aliphatic carbocycles. The Bertz CT molecular complexity index is 260. The van der Waals surface area contributed by atoms with Crippen molar-refractivity contribution < 1.29 is 0 Å². The highest BCUT2D eigenvalue weighted by Crippen LogP contribution is 2.58. The zero-order chi connectivity index (χ0) is 10.4. The van der Waals surface area contributed by atoms with Crippen molar-refractivity contribution in [2.75, 3.05) is 0 Å². The molecule has 1 heteroatoms. The van der Waals surface area contributed by atoms with Crippen LogP contribution in [0.3, 0.4) is 0 Å². The Labute approximate surface area is 92.9 Å². The lowest BCUT2D eigenvalue weighted by atomic mass is 9.49. The van der Waals surface area contributed by atoms with Gasteiger partial charge in [0.1, 0.15) is 0 Å². The highest BCUT2D eigenvalue weighted by Gasteiger charge is 2.50. The van der Waals surface area contributed by atoms with Gasteiger partial charge in [0.2, 0.25) is 0 Å². The molecule has 1 unspecified atom stereocenters. The van der Waals surface area contributed by atoms with Crippen LogP contribution >= 0.6 is 0 Å². The van der Waals surface area contributed by atoms with Crippen LogP contribution in [0.25, 0.3) is 0 Å². The second-order valence-electron chi connectivity index (χ2n) is 6.15. The van der Waals surface area contributed by atoms with Crippen molar-refractivity contribution in [2.45, 2.75) is 45.4 Å². The molecule has 0 aliphatic heterocycles. The summed E-state index contributed by atoms with van der Waals surface area (Å²) in [6, 6.07) is 2.58. The molecule has 0 amide bonds. The normalized spacial score (nSPS) is 48.9. The van der Waals surface area contributed by atoms with E-state index in [1.807, 2.05) is 0 Å².